The highest BCUT2D eigenvalue weighted by atomic mass is 16.5. The van der Waals surface area contributed by atoms with Crippen LogP contribution in [-0.2, 0) is 19.0 Å². The topological polar surface area (TPSA) is 100 Å². The highest BCUT2D eigenvalue weighted by Gasteiger charge is 2.29. The van der Waals surface area contributed by atoms with Gasteiger partial charge in [0.2, 0.25) is 5.91 Å². The van der Waals surface area contributed by atoms with Crippen molar-refractivity contribution in [2.24, 2.45) is 11.5 Å². The maximum absolute atomic E-state index is 13.1. The third-order valence-electron chi connectivity index (χ3n) is 4.74. The van der Waals surface area contributed by atoms with E-state index in [0.717, 1.165) is 0 Å². The number of nitrogens with zero attached hydrogens (tertiary/aromatic N) is 1. The molecule has 29 heavy (non-hydrogen) atoms. The van der Waals surface area contributed by atoms with E-state index in [9.17, 15) is 4.79 Å². The second kappa shape index (κ2) is 11.6. The molecule has 0 unspecified atom stereocenters. The molecule has 0 aliphatic rings. The highest BCUT2D eigenvalue weighted by molar-refractivity contribution is 5.77. The van der Waals surface area contributed by atoms with Crippen LogP contribution < -0.4 is 11.5 Å². The zero-order valence-electron chi connectivity index (χ0n) is 20.4. The van der Waals surface area contributed by atoms with E-state index < -0.39 is 16.7 Å². The van der Waals surface area contributed by atoms with Crippen LogP contribution in [-0.4, -0.2) is 66.2 Å². The van der Waals surface area contributed by atoms with Crippen LogP contribution >= 0.6 is 0 Å². The summed E-state index contributed by atoms with van der Waals surface area (Å²) in [5, 5.41) is 0. The first-order valence-corrected chi connectivity index (χ1v) is 10.7. The van der Waals surface area contributed by atoms with Gasteiger partial charge in [-0.3, -0.25) is 4.79 Å². The quantitative estimate of drug-likeness (QED) is 0.397. The van der Waals surface area contributed by atoms with Gasteiger partial charge in [-0.1, -0.05) is 0 Å². The van der Waals surface area contributed by atoms with Crippen LogP contribution in [0.1, 0.15) is 81.6 Å². The number of amides is 1. The number of carbonyl (C=O) groups excluding carboxylic acids is 1. The SMILES string of the molecule is CCOC(C)(C)CC(=O)N(CCC(C)(C)OCN)CCC(C)(C)OCC(C)(C)N. The molecule has 0 rings (SSSR count). The maximum Gasteiger partial charge on any atom is 0.225 e. The van der Waals surface area contributed by atoms with Gasteiger partial charge in [0.1, 0.15) is 0 Å². The van der Waals surface area contributed by atoms with Crippen LogP contribution in [0, 0.1) is 0 Å². The van der Waals surface area contributed by atoms with Gasteiger partial charge < -0.3 is 30.6 Å². The van der Waals surface area contributed by atoms with Crippen LogP contribution in [0.3, 0.4) is 0 Å². The molecule has 0 aliphatic carbocycles. The molecule has 0 aromatic heterocycles. The Morgan fingerprint density at radius 3 is 1.72 bits per heavy atom. The van der Waals surface area contributed by atoms with Crippen molar-refractivity contribution in [3.05, 3.63) is 0 Å². The van der Waals surface area contributed by atoms with E-state index in [4.69, 9.17) is 25.7 Å². The summed E-state index contributed by atoms with van der Waals surface area (Å²) < 4.78 is 17.3. The van der Waals surface area contributed by atoms with Crippen LogP contribution in [0.4, 0.5) is 0 Å². The van der Waals surface area contributed by atoms with Crippen molar-refractivity contribution in [3.8, 4) is 0 Å². The van der Waals surface area contributed by atoms with Gasteiger partial charge in [-0.25, -0.2) is 0 Å². The summed E-state index contributed by atoms with van der Waals surface area (Å²) in [4.78, 5) is 15.0. The van der Waals surface area contributed by atoms with E-state index >= 15 is 0 Å². The molecule has 0 saturated heterocycles. The van der Waals surface area contributed by atoms with Gasteiger partial charge in [-0.05, 0) is 75.2 Å². The summed E-state index contributed by atoms with van der Waals surface area (Å²) >= 11 is 0. The molecule has 7 heteroatoms. The Kier molecular flexibility index (Phi) is 11.3. The van der Waals surface area contributed by atoms with Gasteiger partial charge in [-0.2, -0.15) is 0 Å². The first-order chi connectivity index (χ1) is 13.0. The number of rotatable bonds is 15. The summed E-state index contributed by atoms with van der Waals surface area (Å²) in [6.45, 7) is 20.1. The van der Waals surface area contributed by atoms with Crippen molar-refractivity contribution in [2.45, 2.75) is 104 Å². The van der Waals surface area contributed by atoms with E-state index in [1.807, 2.05) is 67.2 Å². The van der Waals surface area contributed by atoms with E-state index in [-0.39, 0.29) is 18.2 Å². The van der Waals surface area contributed by atoms with E-state index in [2.05, 4.69) is 0 Å². The average molecular weight is 418 g/mol. The van der Waals surface area contributed by atoms with Crippen molar-refractivity contribution < 1.29 is 19.0 Å². The van der Waals surface area contributed by atoms with Gasteiger partial charge in [0.25, 0.3) is 0 Å². The molecule has 7 nitrogen and oxygen atoms in total. The van der Waals surface area contributed by atoms with E-state index in [0.29, 0.717) is 45.6 Å². The Balaban J connectivity index is 5.09. The molecule has 0 aromatic rings. The largest absolute Gasteiger partial charge is 0.375 e. The van der Waals surface area contributed by atoms with Crippen molar-refractivity contribution in [1.29, 1.82) is 0 Å². The van der Waals surface area contributed by atoms with Crippen LogP contribution in [0.15, 0.2) is 0 Å². The van der Waals surface area contributed by atoms with Crippen LogP contribution in [0.5, 0.6) is 0 Å². The molecule has 0 bridgehead atoms. The lowest BCUT2D eigenvalue weighted by Crippen LogP contribution is -2.45. The van der Waals surface area contributed by atoms with E-state index in [1.165, 1.54) is 0 Å². The molecule has 1 amide bonds. The van der Waals surface area contributed by atoms with Gasteiger partial charge in [0.05, 0.1) is 36.6 Å². The van der Waals surface area contributed by atoms with Crippen molar-refractivity contribution in [1.82, 2.24) is 4.90 Å². The predicted octanol–water partition coefficient (Wildman–Crippen LogP) is 3.04. The minimum absolute atomic E-state index is 0.0713. The maximum atomic E-state index is 13.1. The van der Waals surface area contributed by atoms with Crippen molar-refractivity contribution >= 4 is 5.91 Å². The summed E-state index contributed by atoms with van der Waals surface area (Å²) in [7, 11) is 0. The predicted molar refractivity (Wildman–Crippen MR) is 119 cm³/mol. The van der Waals surface area contributed by atoms with Crippen LogP contribution in [0.2, 0.25) is 0 Å². The molecule has 0 aromatic carbocycles. The Labute approximate surface area is 178 Å². The average Bonchev–Trinajstić information content (AvgIpc) is 2.51. The molecule has 0 aliphatic heterocycles. The lowest BCUT2D eigenvalue weighted by Gasteiger charge is -2.35. The Bertz CT molecular complexity index is 485. The lowest BCUT2D eigenvalue weighted by atomic mass is 10.00. The third-order valence-corrected chi connectivity index (χ3v) is 4.74. The fourth-order valence-corrected chi connectivity index (χ4v) is 2.84. The number of hydrogen-bond acceptors (Lipinski definition) is 6. The van der Waals surface area contributed by atoms with Crippen molar-refractivity contribution in [3.63, 3.8) is 0 Å². The fourth-order valence-electron chi connectivity index (χ4n) is 2.84. The lowest BCUT2D eigenvalue weighted by molar-refractivity contribution is -0.139. The number of ether oxygens (including phenoxy) is 3. The zero-order chi connectivity index (χ0) is 22.9. The number of carbonyl (C=O) groups is 1. The van der Waals surface area contributed by atoms with Gasteiger partial charge in [-0.15, -0.1) is 0 Å². The molecular formula is C22H47N3O4. The molecular weight excluding hydrogens is 370 g/mol. The molecule has 0 atom stereocenters. The molecule has 4 N–H and O–H groups in total. The van der Waals surface area contributed by atoms with Gasteiger partial charge in [0, 0.05) is 25.2 Å². The second-order valence-electron chi connectivity index (χ2n) is 10.4. The normalized spacial score (nSPS) is 13.6. The summed E-state index contributed by atoms with van der Waals surface area (Å²) in [5.74, 6) is 0.0713. The minimum atomic E-state index is -0.497. The fraction of sp³-hybridized carbons (Fsp3) is 0.955. The summed E-state index contributed by atoms with van der Waals surface area (Å²) in [5.41, 5.74) is 9.92. The molecule has 0 fully saturated rings. The Morgan fingerprint density at radius 1 is 0.828 bits per heavy atom. The van der Waals surface area contributed by atoms with Crippen molar-refractivity contribution in [2.75, 3.05) is 33.0 Å². The van der Waals surface area contributed by atoms with Gasteiger partial charge in [0.15, 0.2) is 0 Å². The van der Waals surface area contributed by atoms with Gasteiger partial charge >= 0.3 is 0 Å². The summed E-state index contributed by atoms with van der Waals surface area (Å²) in [6.07, 6.45) is 1.74. The molecule has 0 heterocycles. The third kappa shape index (κ3) is 14.0. The zero-order valence-corrected chi connectivity index (χ0v) is 20.4. The first kappa shape index (κ1) is 28.3. The molecule has 0 radical (unpaired) electrons. The minimum Gasteiger partial charge on any atom is -0.375 e. The smallest absolute Gasteiger partial charge is 0.225 e. The Hall–Kier alpha value is -0.730. The second-order valence-corrected chi connectivity index (χ2v) is 10.4. The Morgan fingerprint density at radius 2 is 1.31 bits per heavy atom. The standard InChI is InChI=1S/C22H47N3O4/c1-10-27-22(8,9)15-18(26)25(14-12-21(6,7)29-17-23)13-11-20(4,5)28-16-19(2,3)24/h10-17,23-24H2,1-9H3. The first-order valence-electron chi connectivity index (χ1n) is 10.7. The number of hydrogen-bond donors (Lipinski definition) is 2. The van der Waals surface area contributed by atoms with E-state index in [1.54, 1.807) is 0 Å². The van der Waals surface area contributed by atoms with Crippen LogP contribution in [0.25, 0.3) is 0 Å². The molecule has 0 saturated carbocycles. The number of nitrogens with two attached hydrogens (primary N) is 2. The molecule has 0 spiro atoms. The summed E-state index contributed by atoms with van der Waals surface area (Å²) in [6, 6.07) is 0. The highest BCUT2D eigenvalue weighted by Crippen LogP contribution is 2.22. The molecule has 174 valence electrons. The monoisotopic (exact) mass is 417 g/mol.